The largest absolute Gasteiger partial charge is 0.389 e. The molecule has 0 aromatic heterocycles. The van der Waals surface area contributed by atoms with E-state index in [4.69, 9.17) is 0 Å². The molecule has 0 saturated carbocycles. The van der Waals surface area contributed by atoms with Gasteiger partial charge in [0.1, 0.15) is 0 Å². The standard InChI is InChI=1S/C15H13F3O/c16-15(17,18)9-3-6-14(19)13-8-7-11-4-1-2-5-12(11)10-13/h1-2,4-5,7-8,10H,3,6,9H2. The Kier molecular flexibility index (Phi) is 3.88. The smallest absolute Gasteiger partial charge is 0.294 e. The van der Waals surface area contributed by atoms with E-state index in [2.05, 4.69) is 0 Å². The van der Waals surface area contributed by atoms with Crippen LogP contribution in [0.2, 0.25) is 0 Å². The number of ketones is 1. The van der Waals surface area contributed by atoms with Crippen molar-refractivity contribution in [1.82, 2.24) is 0 Å². The lowest BCUT2D eigenvalue weighted by molar-refractivity contribution is -0.135. The first-order chi connectivity index (χ1) is 8.96. The van der Waals surface area contributed by atoms with E-state index in [1.54, 1.807) is 12.1 Å². The minimum Gasteiger partial charge on any atom is -0.294 e. The molecule has 0 unspecified atom stereocenters. The lowest BCUT2D eigenvalue weighted by Crippen LogP contribution is -2.08. The molecule has 0 radical (unpaired) electrons. The minimum atomic E-state index is -4.19. The van der Waals surface area contributed by atoms with Crippen molar-refractivity contribution in [2.24, 2.45) is 0 Å². The molecule has 0 amide bonds. The van der Waals surface area contributed by atoms with Gasteiger partial charge in [-0.3, -0.25) is 4.79 Å². The first-order valence-electron chi connectivity index (χ1n) is 6.04. The van der Waals surface area contributed by atoms with Crippen LogP contribution in [0.1, 0.15) is 29.6 Å². The number of carbonyl (C=O) groups excluding carboxylic acids is 1. The molecule has 0 heterocycles. The first-order valence-corrected chi connectivity index (χ1v) is 6.04. The summed E-state index contributed by atoms with van der Waals surface area (Å²) in [4.78, 5) is 11.8. The van der Waals surface area contributed by atoms with Crippen molar-refractivity contribution in [2.45, 2.75) is 25.4 Å². The Morgan fingerprint density at radius 3 is 2.37 bits per heavy atom. The van der Waals surface area contributed by atoms with Gasteiger partial charge in [0.15, 0.2) is 5.78 Å². The molecule has 0 N–H and O–H groups in total. The third-order valence-corrected chi connectivity index (χ3v) is 2.94. The van der Waals surface area contributed by atoms with Crippen LogP contribution >= 0.6 is 0 Å². The molecule has 2 aromatic rings. The number of benzene rings is 2. The molecule has 0 spiro atoms. The monoisotopic (exact) mass is 266 g/mol. The van der Waals surface area contributed by atoms with Crippen LogP contribution in [0.5, 0.6) is 0 Å². The molecular weight excluding hydrogens is 253 g/mol. The van der Waals surface area contributed by atoms with E-state index in [1.165, 1.54) is 0 Å². The van der Waals surface area contributed by atoms with E-state index < -0.39 is 12.6 Å². The second kappa shape index (κ2) is 5.43. The maximum atomic E-state index is 12.0. The Morgan fingerprint density at radius 1 is 1.00 bits per heavy atom. The third kappa shape index (κ3) is 3.81. The predicted octanol–water partition coefficient (Wildman–Crippen LogP) is 4.76. The van der Waals surface area contributed by atoms with Crippen LogP contribution in [0.4, 0.5) is 13.2 Å². The van der Waals surface area contributed by atoms with Gasteiger partial charge >= 0.3 is 6.18 Å². The summed E-state index contributed by atoms with van der Waals surface area (Å²) in [5, 5.41) is 1.93. The van der Waals surface area contributed by atoms with Gasteiger partial charge in [-0.2, -0.15) is 13.2 Å². The second-order valence-electron chi connectivity index (χ2n) is 4.45. The summed E-state index contributed by atoms with van der Waals surface area (Å²) in [7, 11) is 0. The molecular formula is C15H13F3O. The maximum absolute atomic E-state index is 12.0. The molecule has 0 bridgehead atoms. The minimum absolute atomic E-state index is 0.0716. The quantitative estimate of drug-likeness (QED) is 0.729. The average Bonchev–Trinajstić information content (AvgIpc) is 2.36. The highest BCUT2D eigenvalue weighted by molar-refractivity contribution is 5.99. The number of fused-ring (bicyclic) bond motifs is 1. The van der Waals surface area contributed by atoms with E-state index in [0.29, 0.717) is 5.56 Å². The number of carbonyl (C=O) groups is 1. The van der Waals surface area contributed by atoms with Crippen molar-refractivity contribution in [1.29, 1.82) is 0 Å². The van der Waals surface area contributed by atoms with Gasteiger partial charge in [0.05, 0.1) is 0 Å². The normalized spacial score (nSPS) is 11.7. The predicted molar refractivity (Wildman–Crippen MR) is 68.2 cm³/mol. The van der Waals surface area contributed by atoms with Gasteiger partial charge in [-0.1, -0.05) is 36.4 Å². The summed E-state index contributed by atoms with van der Waals surface area (Å²) >= 11 is 0. The number of rotatable bonds is 4. The Labute approximate surface area is 109 Å². The summed E-state index contributed by atoms with van der Waals surface area (Å²) in [6, 6.07) is 12.8. The number of alkyl halides is 3. The van der Waals surface area contributed by atoms with E-state index in [-0.39, 0.29) is 18.6 Å². The van der Waals surface area contributed by atoms with Crippen LogP contribution in [-0.4, -0.2) is 12.0 Å². The zero-order valence-corrected chi connectivity index (χ0v) is 10.2. The summed E-state index contributed by atoms with van der Waals surface area (Å²) in [6.07, 6.45) is -5.33. The molecule has 1 nitrogen and oxygen atoms in total. The summed E-state index contributed by atoms with van der Waals surface area (Å²) < 4.78 is 36.0. The number of hydrogen-bond acceptors (Lipinski definition) is 1. The fourth-order valence-corrected chi connectivity index (χ4v) is 1.96. The molecule has 0 aliphatic heterocycles. The second-order valence-corrected chi connectivity index (χ2v) is 4.45. The average molecular weight is 266 g/mol. The Bertz CT molecular complexity index is 587. The molecule has 2 aromatic carbocycles. The van der Waals surface area contributed by atoms with E-state index in [1.807, 2.05) is 30.3 Å². The van der Waals surface area contributed by atoms with Crippen molar-refractivity contribution in [3.8, 4) is 0 Å². The summed E-state index contributed by atoms with van der Waals surface area (Å²) in [5.74, 6) is -0.241. The van der Waals surface area contributed by atoms with Gasteiger partial charge in [0.25, 0.3) is 0 Å². The fraction of sp³-hybridized carbons (Fsp3) is 0.267. The van der Waals surface area contributed by atoms with Crippen LogP contribution in [0.15, 0.2) is 42.5 Å². The van der Waals surface area contributed by atoms with Crippen LogP contribution in [0, 0.1) is 0 Å². The molecule has 4 heteroatoms. The molecule has 19 heavy (non-hydrogen) atoms. The van der Waals surface area contributed by atoms with Gasteiger partial charge in [-0.15, -0.1) is 0 Å². The van der Waals surface area contributed by atoms with Gasteiger partial charge in [-0.05, 0) is 23.3 Å². The lowest BCUT2D eigenvalue weighted by Gasteiger charge is -2.06. The van der Waals surface area contributed by atoms with E-state index in [9.17, 15) is 18.0 Å². The third-order valence-electron chi connectivity index (χ3n) is 2.94. The molecule has 0 fully saturated rings. The molecule has 0 atom stereocenters. The van der Waals surface area contributed by atoms with Crippen LogP contribution in [0.25, 0.3) is 10.8 Å². The van der Waals surface area contributed by atoms with Crippen molar-refractivity contribution in [2.75, 3.05) is 0 Å². The summed E-state index contributed by atoms with van der Waals surface area (Å²) in [6.45, 7) is 0. The highest BCUT2D eigenvalue weighted by atomic mass is 19.4. The molecule has 0 saturated heterocycles. The van der Waals surface area contributed by atoms with Crippen molar-refractivity contribution < 1.29 is 18.0 Å². The number of Topliss-reactive ketones (excluding diaryl/α,β-unsaturated/α-hetero) is 1. The van der Waals surface area contributed by atoms with Gasteiger partial charge in [0, 0.05) is 18.4 Å². The fourth-order valence-electron chi connectivity index (χ4n) is 1.96. The van der Waals surface area contributed by atoms with Crippen molar-refractivity contribution in [3.05, 3.63) is 48.0 Å². The zero-order chi connectivity index (χ0) is 13.9. The number of hydrogen-bond donors (Lipinski definition) is 0. The van der Waals surface area contributed by atoms with E-state index in [0.717, 1.165) is 10.8 Å². The maximum Gasteiger partial charge on any atom is 0.389 e. The van der Waals surface area contributed by atoms with Crippen molar-refractivity contribution >= 4 is 16.6 Å². The molecule has 2 rings (SSSR count). The highest BCUT2D eigenvalue weighted by Crippen LogP contribution is 2.23. The Morgan fingerprint density at radius 2 is 1.68 bits per heavy atom. The van der Waals surface area contributed by atoms with Gasteiger partial charge in [0.2, 0.25) is 0 Å². The lowest BCUT2D eigenvalue weighted by atomic mass is 10.0. The van der Waals surface area contributed by atoms with Crippen molar-refractivity contribution in [3.63, 3.8) is 0 Å². The first kappa shape index (κ1) is 13.6. The van der Waals surface area contributed by atoms with Crippen LogP contribution in [-0.2, 0) is 0 Å². The summed E-state index contributed by atoms with van der Waals surface area (Å²) in [5.41, 5.74) is 0.473. The molecule has 0 aliphatic carbocycles. The Hall–Kier alpha value is -1.84. The molecule has 100 valence electrons. The van der Waals surface area contributed by atoms with Crippen LogP contribution in [0.3, 0.4) is 0 Å². The van der Waals surface area contributed by atoms with E-state index >= 15 is 0 Å². The topological polar surface area (TPSA) is 17.1 Å². The van der Waals surface area contributed by atoms with Gasteiger partial charge < -0.3 is 0 Å². The Balaban J connectivity index is 2.05. The highest BCUT2D eigenvalue weighted by Gasteiger charge is 2.26. The van der Waals surface area contributed by atoms with Gasteiger partial charge in [-0.25, -0.2) is 0 Å². The van der Waals surface area contributed by atoms with Crippen LogP contribution < -0.4 is 0 Å². The molecule has 0 aliphatic rings. The number of halogens is 3. The SMILES string of the molecule is O=C(CCCC(F)(F)F)c1ccc2ccccc2c1. The zero-order valence-electron chi connectivity index (χ0n) is 10.2.